The van der Waals surface area contributed by atoms with Gasteiger partial charge in [0, 0.05) is 15.6 Å². The van der Waals surface area contributed by atoms with Gasteiger partial charge in [0.25, 0.3) is 0 Å². The van der Waals surface area contributed by atoms with Gasteiger partial charge in [-0.25, -0.2) is 0 Å². The Labute approximate surface area is 130 Å². The zero-order valence-corrected chi connectivity index (χ0v) is 13.0. The van der Waals surface area contributed by atoms with Crippen molar-refractivity contribution in [3.8, 4) is 0 Å². The minimum atomic E-state index is -0.749. The van der Waals surface area contributed by atoms with Crippen molar-refractivity contribution in [3.05, 3.63) is 69.2 Å². The molecule has 0 aromatic heterocycles. The van der Waals surface area contributed by atoms with Crippen LogP contribution in [0.1, 0.15) is 42.6 Å². The predicted molar refractivity (Wildman–Crippen MR) is 85.6 cm³/mol. The molecule has 2 aromatic rings. The summed E-state index contributed by atoms with van der Waals surface area (Å²) < 4.78 is 0. The number of aliphatic hydroxyl groups excluding tert-OH is 1. The third-order valence-electron chi connectivity index (χ3n) is 3.37. The van der Waals surface area contributed by atoms with E-state index in [1.165, 1.54) is 18.4 Å². The van der Waals surface area contributed by atoms with Crippen LogP contribution in [0.3, 0.4) is 0 Å². The maximum Gasteiger partial charge on any atom is 0.106 e. The molecule has 1 N–H and O–H groups in total. The fourth-order valence-corrected chi connectivity index (χ4v) is 2.55. The van der Waals surface area contributed by atoms with Gasteiger partial charge in [0.2, 0.25) is 0 Å². The fourth-order valence-electron chi connectivity index (χ4n) is 2.15. The fraction of sp³-hybridized carbons (Fsp3) is 0.294. The number of halogens is 2. The molecule has 0 aliphatic rings. The van der Waals surface area contributed by atoms with Gasteiger partial charge in [-0.1, -0.05) is 60.8 Å². The molecule has 0 bridgehead atoms. The lowest BCUT2D eigenvalue weighted by atomic mass is 9.99. The lowest BCUT2D eigenvalue weighted by Crippen LogP contribution is -2.01. The Bertz CT molecular complexity index is 564. The molecule has 2 rings (SSSR count). The maximum absolute atomic E-state index is 10.4. The molecule has 20 heavy (non-hydrogen) atoms. The van der Waals surface area contributed by atoms with E-state index in [2.05, 4.69) is 19.1 Å². The Kier molecular flexibility index (Phi) is 5.47. The summed E-state index contributed by atoms with van der Waals surface area (Å²) in [6.45, 7) is 2.18. The van der Waals surface area contributed by atoms with Crippen molar-refractivity contribution in [3.63, 3.8) is 0 Å². The Morgan fingerprint density at radius 1 is 1.05 bits per heavy atom. The van der Waals surface area contributed by atoms with Gasteiger partial charge in [0.15, 0.2) is 0 Å². The third kappa shape index (κ3) is 3.76. The van der Waals surface area contributed by atoms with E-state index < -0.39 is 6.10 Å². The largest absolute Gasteiger partial charge is 0.384 e. The molecule has 0 amide bonds. The lowest BCUT2D eigenvalue weighted by Gasteiger charge is -2.14. The number of aliphatic hydroxyl groups is 1. The first-order valence-electron chi connectivity index (χ1n) is 6.83. The second kappa shape index (κ2) is 7.12. The summed E-state index contributed by atoms with van der Waals surface area (Å²) >= 11 is 12.1. The molecule has 106 valence electrons. The van der Waals surface area contributed by atoms with Crippen LogP contribution in [-0.4, -0.2) is 5.11 Å². The predicted octanol–water partition coefficient (Wildman–Crippen LogP) is 5.42. The zero-order valence-electron chi connectivity index (χ0n) is 11.4. The molecule has 0 saturated carbocycles. The molecule has 0 radical (unpaired) electrons. The second-order valence-corrected chi connectivity index (χ2v) is 5.76. The highest BCUT2D eigenvalue weighted by atomic mass is 35.5. The zero-order chi connectivity index (χ0) is 14.5. The van der Waals surface area contributed by atoms with Gasteiger partial charge in [-0.2, -0.15) is 0 Å². The molecule has 0 spiro atoms. The summed E-state index contributed by atoms with van der Waals surface area (Å²) in [7, 11) is 0. The normalized spacial score (nSPS) is 12.4. The van der Waals surface area contributed by atoms with Gasteiger partial charge >= 0.3 is 0 Å². The Hall–Kier alpha value is -1.02. The standard InChI is InChI=1S/C17H18Cl2O/c1-2-3-4-12-5-7-13(8-6-12)17(20)15-11-14(18)9-10-16(15)19/h5-11,17,20H,2-4H2,1H3. The molecule has 0 fully saturated rings. The number of aryl methyl sites for hydroxylation is 1. The minimum Gasteiger partial charge on any atom is -0.384 e. The van der Waals surface area contributed by atoms with Crippen LogP contribution in [0.15, 0.2) is 42.5 Å². The average Bonchev–Trinajstić information content (AvgIpc) is 2.47. The number of benzene rings is 2. The van der Waals surface area contributed by atoms with E-state index in [0.717, 1.165) is 12.0 Å². The van der Waals surface area contributed by atoms with Crippen LogP contribution in [0, 0.1) is 0 Å². The highest BCUT2D eigenvalue weighted by molar-refractivity contribution is 6.33. The topological polar surface area (TPSA) is 20.2 Å². The Morgan fingerprint density at radius 3 is 2.40 bits per heavy atom. The first-order chi connectivity index (χ1) is 9.61. The molecule has 0 aliphatic heterocycles. The summed E-state index contributed by atoms with van der Waals surface area (Å²) in [6.07, 6.45) is 2.69. The summed E-state index contributed by atoms with van der Waals surface area (Å²) in [5, 5.41) is 11.5. The van der Waals surface area contributed by atoms with Gasteiger partial charge < -0.3 is 5.11 Å². The van der Waals surface area contributed by atoms with Crippen molar-refractivity contribution in [2.24, 2.45) is 0 Å². The van der Waals surface area contributed by atoms with Crippen LogP contribution in [0.25, 0.3) is 0 Å². The van der Waals surface area contributed by atoms with Gasteiger partial charge in [-0.3, -0.25) is 0 Å². The number of rotatable bonds is 5. The SMILES string of the molecule is CCCCc1ccc(C(O)c2cc(Cl)ccc2Cl)cc1. The van der Waals surface area contributed by atoms with E-state index in [0.29, 0.717) is 15.6 Å². The van der Waals surface area contributed by atoms with Gasteiger partial charge in [0.05, 0.1) is 0 Å². The third-order valence-corrected chi connectivity index (χ3v) is 3.95. The Morgan fingerprint density at radius 2 is 1.75 bits per heavy atom. The number of unbranched alkanes of at least 4 members (excludes halogenated alkanes) is 1. The monoisotopic (exact) mass is 308 g/mol. The van der Waals surface area contributed by atoms with Crippen LogP contribution in [-0.2, 0) is 6.42 Å². The summed E-state index contributed by atoms with van der Waals surface area (Å²) in [5.74, 6) is 0. The lowest BCUT2D eigenvalue weighted by molar-refractivity contribution is 0.220. The van der Waals surface area contributed by atoms with Crippen LogP contribution in [0.4, 0.5) is 0 Å². The molecule has 0 heterocycles. The second-order valence-electron chi connectivity index (χ2n) is 4.91. The molecule has 1 atom stereocenters. The van der Waals surface area contributed by atoms with E-state index in [1.54, 1.807) is 18.2 Å². The van der Waals surface area contributed by atoms with E-state index >= 15 is 0 Å². The van der Waals surface area contributed by atoms with Crippen LogP contribution in [0.5, 0.6) is 0 Å². The summed E-state index contributed by atoms with van der Waals surface area (Å²) in [5.41, 5.74) is 2.76. The smallest absolute Gasteiger partial charge is 0.106 e. The summed E-state index contributed by atoms with van der Waals surface area (Å²) in [6, 6.07) is 13.2. The van der Waals surface area contributed by atoms with Gasteiger partial charge in [-0.15, -0.1) is 0 Å². The van der Waals surface area contributed by atoms with E-state index in [-0.39, 0.29) is 0 Å². The van der Waals surface area contributed by atoms with Gasteiger partial charge in [0.1, 0.15) is 6.10 Å². The van der Waals surface area contributed by atoms with Gasteiger partial charge in [-0.05, 0) is 42.2 Å². The molecular weight excluding hydrogens is 291 g/mol. The van der Waals surface area contributed by atoms with E-state index in [4.69, 9.17) is 23.2 Å². The molecule has 2 aromatic carbocycles. The highest BCUT2D eigenvalue weighted by Gasteiger charge is 2.14. The molecule has 3 heteroatoms. The van der Waals surface area contributed by atoms with Crippen molar-refractivity contribution in [1.82, 2.24) is 0 Å². The molecule has 0 aliphatic carbocycles. The first kappa shape index (κ1) is 15.4. The molecule has 1 unspecified atom stereocenters. The van der Waals surface area contributed by atoms with Crippen LogP contribution >= 0.6 is 23.2 Å². The minimum absolute atomic E-state index is 0.525. The first-order valence-corrected chi connectivity index (χ1v) is 7.59. The van der Waals surface area contributed by atoms with Crippen LogP contribution < -0.4 is 0 Å². The quantitative estimate of drug-likeness (QED) is 0.782. The van der Waals surface area contributed by atoms with Crippen molar-refractivity contribution in [2.45, 2.75) is 32.3 Å². The Balaban J connectivity index is 2.20. The maximum atomic E-state index is 10.4. The van der Waals surface area contributed by atoms with E-state index in [9.17, 15) is 5.11 Å². The number of hydrogen-bond acceptors (Lipinski definition) is 1. The van der Waals surface area contributed by atoms with Crippen molar-refractivity contribution in [2.75, 3.05) is 0 Å². The highest BCUT2D eigenvalue weighted by Crippen LogP contribution is 2.30. The molecule has 1 nitrogen and oxygen atoms in total. The summed E-state index contributed by atoms with van der Waals surface area (Å²) in [4.78, 5) is 0. The van der Waals surface area contributed by atoms with Crippen molar-refractivity contribution < 1.29 is 5.11 Å². The van der Waals surface area contributed by atoms with E-state index in [1.807, 2.05) is 12.1 Å². The van der Waals surface area contributed by atoms with Crippen LogP contribution in [0.2, 0.25) is 10.0 Å². The number of hydrogen-bond donors (Lipinski definition) is 1. The van der Waals surface area contributed by atoms with Crippen molar-refractivity contribution in [1.29, 1.82) is 0 Å². The van der Waals surface area contributed by atoms with Crippen molar-refractivity contribution >= 4 is 23.2 Å². The molecule has 0 saturated heterocycles. The average molecular weight is 309 g/mol. The molecular formula is C17H18Cl2O.